The van der Waals surface area contributed by atoms with Gasteiger partial charge >= 0.3 is 0 Å². The summed E-state index contributed by atoms with van der Waals surface area (Å²) in [6.45, 7) is -0.223. The number of nitrogens with zero attached hydrogens (tertiary/aromatic N) is 2. The SMILES string of the molecule is CN1C(=O)C(=Cc2ccc(OCC(=O)Nc3ccccc3)c(Cl)c2)C(=O)N(C)C1=S. The third-order valence-electron chi connectivity index (χ3n) is 4.33. The molecule has 0 spiro atoms. The highest BCUT2D eigenvalue weighted by Crippen LogP contribution is 2.27. The third kappa shape index (κ3) is 4.67. The molecular weight excluding hydrogens is 426 g/mol. The van der Waals surface area contributed by atoms with Gasteiger partial charge in [-0.25, -0.2) is 0 Å². The zero-order chi connectivity index (χ0) is 21.8. The molecule has 0 saturated carbocycles. The molecule has 0 unspecified atom stereocenters. The minimum absolute atomic E-state index is 0.0272. The van der Waals surface area contributed by atoms with E-state index in [9.17, 15) is 14.4 Å². The number of carbonyl (C=O) groups excluding carboxylic acids is 3. The van der Waals surface area contributed by atoms with Crippen LogP contribution in [0.15, 0.2) is 54.1 Å². The molecule has 0 bridgehead atoms. The smallest absolute Gasteiger partial charge is 0.265 e. The zero-order valence-electron chi connectivity index (χ0n) is 16.2. The number of amides is 3. The number of benzene rings is 2. The van der Waals surface area contributed by atoms with Crippen LogP contribution in [-0.4, -0.2) is 53.3 Å². The molecule has 2 aromatic carbocycles. The van der Waals surface area contributed by atoms with Crippen LogP contribution < -0.4 is 10.1 Å². The van der Waals surface area contributed by atoms with Gasteiger partial charge in [-0.3, -0.25) is 24.2 Å². The van der Waals surface area contributed by atoms with E-state index in [0.717, 1.165) is 0 Å². The van der Waals surface area contributed by atoms with Crippen LogP contribution in [0.1, 0.15) is 5.56 Å². The fourth-order valence-electron chi connectivity index (χ4n) is 2.73. The number of rotatable bonds is 5. The lowest BCUT2D eigenvalue weighted by molar-refractivity contribution is -0.132. The number of carbonyl (C=O) groups is 3. The maximum Gasteiger partial charge on any atom is 0.265 e. The summed E-state index contributed by atoms with van der Waals surface area (Å²) in [4.78, 5) is 39.3. The number of anilines is 1. The Kier molecular flexibility index (Phi) is 6.49. The Balaban J connectivity index is 1.70. The Morgan fingerprint density at radius 2 is 1.73 bits per heavy atom. The molecule has 1 heterocycles. The van der Waals surface area contributed by atoms with Crippen molar-refractivity contribution in [3.63, 3.8) is 0 Å². The van der Waals surface area contributed by atoms with E-state index in [1.54, 1.807) is 30.3 Å². The maximum atomic E-state index is 12.4. The van der Waals surface area contributed by atoms with Crippen LogP contribution in [0.4, 0.5) is 5.69 Å². The van der Waals surface area contributed by atoms with Gasteiger partial charge in [-0.05, 0) is 48.1 Å². The summed E-state index contributed by atoms with van der Waals surface area (Å²) in [5.74, 6) is -1.00. The van der Waals surface area contributed by atoms with Gasteiger partial charge in [0.1, 0.15) is 11.3 Å². The van der Waals surface area contributed by atoms with Gasteiger partial charge in [0.25, 0.3) is 17.7 Å². The Hall–Kier alpha value is -3.23. The van der Waals surface area contributed by atoms with E-state index in [1.807, 2.05) is 18.2 Å². The Bertz CT molecular complexity index is 1030. The highest BCUT2D eigenvalue weighted by Gasteiger charge is 2.35. The molecular formula is C21H18ClN3O4S. The summed E-state index contributed by atoms with van der Waals surface area (Å²) in [6.07, 6.45) is 1.44. The van der Waals surface area contributed by atoms with Crippen molar-refractivity contribution in [1.29, 1.82) is 0 Å². The number of hydrogen-bond donors (Lipinski definition) is 1. The number of nitrogens with one attached hydrogen (secondary N) is 1. The first-order valence-electron chi connectivity index (χ1n) is 8.87. The van der Waals surface area contributed by atoms with E-state index < -0.39 is 11.8 Å². The van der Waals surface area contributed by atoms with Crippen LogP contribution in [0.2, 0.25) is 5.02 Å². The van der Waals surface area contributed by atoms with E-state index in [-0.39, 0.29) is 28.2 Å². The van der Waals surface area contributed by atoms with Crippen molar-refractivity contribution in [2.24, 2.45) is 0 Å². The minimum Gasteiger partial charge on any atom is -0.482 e. The molecule has 1 aliphatic heterocycles. The van der Waals surface area contributed by atoms with E-state index in [0.29, 0.717) is 17.0 Å². The van der Waals surface area contributed by atoms with E-state index >= 15 is 0 Å². The van der Waals surface area contributed by atoms with Gasteiger partial charge in [0.05, 0.1) is 5.02 Å². The van der Waals surface area contributed by atoms with Gasteiger partial charge in [-0.15, -0.1) is 0 Å². The normalized spacial score (nSPS) is 14.1. The highest BCUT2D eigenvalue weighted by atomic mass is 35.5. The highest BCUT2D eigenvalue weighted by molar-refractivity contribution is 7.80. The number of thiocarbonyl (C=S) groups is 1. The van der Waals surface area contributed by atoms with Gasteiger partial charge in [-0.1, -0.05) is 35.9 Å². The lowest BCUT2D eigenvalue weighted by atomic mass is 10.1. The fraction of sp³-hybridized carbons (Fsp3) is 0.143. The molecule has 0 radical (unpaired) electrons. The van der Waals surface area contributed by atoms with Crippen molar-refractivity contribution < 1.29 is 19.1 Å². The quantitative estimate of drug-likeness (QED) is 0.436. The summed E-state index contributed by atoms with van der Waals surface area (Å²) in [5, 5.41) is 3.08. The molecule has 3 amide bonds. The second-order valence-electron chi connectivity index (χ2n) is 6.46. The number of halogens is 1. The number of ether oxygens (including phenoxy) is 1. The molecule has 30 heavy (non-hydrogen) atoms. The van der Waals surface area contributed by atoms with Crippen molar-refractivity contribution >= 4 is 58.4 Å². The predicted octanol–water partition coefficient (Wildman–Crippen LogP) is 2.96. The van der Waals surface area contributed by atoms with Crippen molar-refractivity contribution in [3.8, 4) is 5.75 Å². The van der Waals surface area contributed by atoms with Crippen molar-refractivity contribution in [2.75, 3.05) is 26.0 Å². The Labute approximate surface area is 183 Å². The van der Waals surface area contributed by atoms with E-state index in [1.165, 1.54) is 30.0 Å². The zero-order valence-corrected chi connectivity index (χ0v) is 17.8. The Morgan fingerprint density at radius 3 is 2.33 bits per heavy atom. The molecule has 2 aromatic rings. The lowest BCUT2D eigenvalue weighted by Gasteiger charge is -2.31. The summed E-state index contributed by atoms with van der Waals surface area (Å²) in [7, 11) is 3.01. The number of hydrogen-bond acceptors (Lipinski definition) is 5. The molecule has 0 aliphatic carbocycles. The van der Waals surface area contributed by atoms with Crippen molar-refractivity contribution in [3.05, 3.63) is 64.7 Å². The first kappa shape index (κ1) is 21.5. The summed E-state index contributed by atoms with van der Waals surface area (Å²) >= 11 is 11.3. The van der Waals surface area contributed by atoms with Crippen LogP contribution in [0.3, 0.4) is 0 Å². The van der Waals surface area contributed by atoms with Gasteiger partial charge < -0.3 is 10.1 Å². The van der Waals surface area contributed by atoms with Crippen LogP contribution in [0.25, 0.3) is 6.08 Å². The molecule has 9 heteroatoms. The number of para-hydroxylation sites is 1. The molecule has 0 atom stereocenters. The molecule has 3 rings (SSSR count). The van der Waals surface area contributed by atoms with Crippen LogP contribution >= 0.6 is 23.8 Å². The second-order valence-corrected chi connectivity index (χ2v) is 7.23. The van der Waals surface area contributed by atoms with Gasteiger partial charge in [-0.2, -0.15) is 0 Å². The first-order chi connectivity index (χ1) is 14.3. The fourth-order valence-corrected chi connectivity index (χ4v) is 3.14. The van der Waals surface area contributed by atoms with Crippen molar-refractivity contribution in [2.45, 2.75) is 0 Å². The third-order valence-corrected chi connectivity index (χ3v) is 5.17. The first-order valence-corrected chi connectivity index (χ1v) is 9.65. The topological polar surface area (TPSA) is 79.0 Å². The van der Waals surface area contributed by atoms with Gasteiger partial charge in [0.15, 0.2) is 11.7 Å². The van der Waals surface area contributed by atoms with Crippen LogP contribution in [0.5, 0.6) is 5.75 Å². The standard InChI is InChI=1S/C21H18ClN3O4S/c1-24-19(27)15(20(28)25(2)21(24)30)10-13-8-9-17(16(22)11-13)29-12-18(26)23-14-6-4-3-5-7-14/h3-11H,12H2,1-2H3,(H,23,26). The largest absolute Gasteiger partial charge is 0.482 e. The maximum absolute atomic E-state index is 12.4. The molecule has 1 saturated heterocycles. The molecule has 7 nitrogen and oxygen atoms in total. The molecule has 1 fully saturated rings. The van der Waals surface area contributed by atoms with E-state index in [2.05, 4.69) is 5.32 Å². The molecule has 0 aromatic heterocycles. The predicted molar refractivity (Wildman–Crippen MR) is 118 cm³/mol. The second kappa shape index (κ2) is 9.06. The average Bonchev–Trinajstić information content (AvgIpc) is 2.74. The summed E-state index contributed by atoms with van der Waals surface area (Å²) in [5.41, 5.74) is 1.17. The monoisotopic (exact) mass is 443 g/mol. The van der Waals surface area contributed by atoms with Crippen LogP contribution in [-0.2, 0) is 14.4 Å². The van der Waals surface area contributed by atoms with Crippen molar-refractivity contribution in [1.82, 2.24) is 9.80 Å². The summed E-state index contributed by atoms with van der Waals surface area (Å²) in [6, 6.07) is 13.8. The lowest BCUT2D eigenvalue weighted by Crippen LogP contribution is -2.52. The average molecular weight is 444 g/mol. The summed E-state index contributed by atoms with van der Waals surface area (Å²) < 4.78 is 5.47. The van der Waals surface area contributed by atoms with E-state index in [4.69, 9.17) is 28.6 Å². The molecule has 1 N–H and O–H groups in total. The Morgan fingerprint density at radius 1 is 1.10 bits per heavy atom. The number of likely N-dealkylation sites (N-methyl/N-ethyl adjacent to an activating group) is 2. The van der Waals surface area contributed by atoms with Gasteiger partial charge in [0, 0.05) is 19.8 Å². The minimum atomic E-state index is -0.489. The van der Waals surface area contributed by atoms with Crippen LogP contribution in [0, 0.1) is 0 Å². The molecule has 1 aliphatic rings. The molecule has 154 valence electrons. The van der Waals surface area contributed by atoms with Gasteiger partial charge in [0.2, 0.25) is 0 Å².